The number of carbonyl (C=O) groups is 1. The Bertz CT molecular complexity index is 642. The molecule has 2 aromatic carbocycles. The minimum atomic E-state index is -0.127. The first-order valence-electron chi connectivity index (χ1n) is 7.55. The van der Waals surface area contributed by atoms with Crippen LogP contribution in [0.3, 0.4) is 0 Å². The topological polar surface area (TPSA) is 50.4 Å². The molecular formula is C18H21ClN2O2. The van der Waals surface area contributed by atoms with Gasteiger partial charge in [-0.05, 0) is 43.7 Å². The Morgan fingerprint density at radius 1 is 1.13 bits per heavy atom. The molecule has 2 aromatic rings. The Labute approximate surface area is 141 Å². The predicted molar refractivity (Wildman–Crippen MR) is 94.0 cm³/mol. The van der Waals surface area contributed by atoms with Gasteiger partial charge in [-0.25, -0.2) is 0 Å². The van der Waals surface area contributed by atoms with E-state index in [1.54, 1.807) is 12.1 Å². The molecule has 0 aliphatic carbocycles. The minimum Gasteiger partial charge on any atom is -0.491 e. The van der Waals surface area contributed by atoms with Crippen LogP contribution in [0.15, 0.2) is 48.5 Å². The zero-order valence-corrected chi connectivity index (χ0v) is 14.1. The Kier molecular flexibility index (Phi) is 6.44. The van der Waals surface area contributed by atoms with Crippen molar-refractivity contribution < 1.29 is 9.53 Å². The summed E-state index contributed by atoms with van der Waals surface area (Å²) in [4.78, 5) is 11.9. The molecular weight excluding hydrogens is 312 g/mol. The molecule has 4 nitrogen and oxygen atoms in total. The number of anilines is 1. The number of carbonyl (C=O) groups excluding carboxylic acids is 1. The van der Waals surface area contributed by atoms with Crippen LogP contribution in [0.2, 0.25) is 5.02 Å². The van der Waals surface area contributed by atoms with Crippen molar-refractivity contribution in [3.8, 4) is 5.75 Å². The summed E-state index contributed by atoms with van der Waals surface area (Å²) >= 11 is 6.00. The van der Waals surface area contributed by atoms with Crippen molar-refractivity contribution in [2.24, 2.45) is 0 Å². The van der Waals surface area contributed by atoms with E-state index in [4.69, 9.17) is 16.3 Å². The molecule has 0 bridgehead atoms. The lowest BCUT2D eigenvalue weighted by Gasteiger charge is -2.11. The second-order valence-corrected chi connectivity index (χ2v) is 5.85. The SMILES string of the molecule is CC(C)Oc1ccc(CNCC(=O)Nc2ccccc2Cl)cc1. The maximum absolute atomic E-state index is 11.9. The van der Waals surface area contributed by atoms with Gasteiger partial charge in [0.05, 0.1) is 23.4 Å². The maximum Gasteiger partial charge on any atom is 0.238 e. The number of para-hydroxylation sites is 1. The van der Waals surface area contributed by atoms with Gasteiger partial charge < -0.3 is 15.4 Å². The largest absolute Gasteiger partial charge is 0.491 e. The third kappa shape index (κ3) is 5.93. The summed E-state index contributed by atoms with van der Waals surface area (Å²) in [7, 11) is 0. The zero-order valence-electron chi connectivity index (χ0n) is 13.3. The van der Waals surface area contributed by atoms with E-state index < -0.39 is 0 Å². The molecule has 122 valence electrons. The first-order chi connectivity index (χ1) is 11.0. The van der Waals surface area contributed by atoms with E-state index in [1.807, 2.05) is 50.2 Å². The van der Waals surface area contributed by atoms with E-state index in [1.165, 1.54) is 0 Å². The highest BCUT2D eigenvalue weighted by Gasteiger charge is 2.05. The summed E-state index contributed by atoms with van der Waals surface area (Å²) in [5, 5.41) is 6.41. The van der Waals surface area contributed by atoms with Crippen molar-refractivity contribution in [3.05, 3.63) is 59.1 Å². The van der Waals surface area contributed by atoms with Gasteiger partial charge in [0, 0.05) is 6.54 Å². The van der Waals surface area contributed by atoms with Crippen molar-refractivity contribution in [3.63, 3.8) is 0 Å². The Morgan fingerprint density at radius 2 is 1.83 bits per heavy atom. The number of hydrogen-bond donors (Lipinski definition) is 2. The highest BCUT2D eigenvalue weighted by atomic mass is 35.5. The highest BCUT2D eigenvalue weighted by Crippen LogP contribution is 2.20. The van der Waals surface area contributed by atoms with Gasteiger partial charge in [0.1, 0.15) is 5.75 Å². The van der Waals surface area contributed by atoms with Crippen LogP contribution in [0.4, 0.5) is 5.69 Å². The molecule has 0 saturated carbocycles. The van der Waals surface area contributed by atoms with Crippen LogP contribution < -0.4 is 15.4 Å². The third-order valence-electron chi connectivity index (χ3n) is 3.06. The Morgan fingerprint density at radius 3 is 2.48 bits per heavy atom. The lowest BCUT2D eigenvalue weighted by Crippen LogP contribution is -2.27. The number of rotatable bonds is 7. The van der Waals surface area contributed by atoms with E-state index in [9.17, 15) is 4.79 Å². The molecule has 0 fully saturated rings. The van der Waals surface area contributed by atoms with Crippen molar-refractivity contribution in [1.29, 1.82) is 0 Å². The molecule has 23 heavy (non-hydrogen) atoms. The van der Waals surface area contributed by atoms with E-state index in [0.717, 1.165) is 11.3 Å². The number of nitrogens with one attached hydrogen (secondary N) is 2. The summed E-state index contributed by atoms with van der Waals surface area (Å²) in [5.41, 5.74) is 1.71. The normalized spacial score (nSPS) is 10.6. The number of ether oxygens (including phenoxy) is 1. The molecule has 0 spiro atoms. The monoisotopic (exact) mass is 332 g/mol. The molecule has 2 N–H and O–H groups in total. The Balaban J connectivity index is 1.76. The average molecular weight is 333 g/mol. The summed E-state index contributed by atoms with van der Waals surface area (Å²) in [6.45, 7) is 4.81. The molecule has 5 heteroatoms. The number of hydrogen-bond acceptors (Lipinski definition) is 3. The van der Waals surface area contributed by atoms with Crippen molar-refractivity contribution in [2.45, 2.75) is 26.5 Å². The zero-order chi connectivity index (χ0) is 16.7. The lowest BCUT2D eigenvalue weighted by atomic mass is 10.2. The first-order valence-corrected chi connectivity index (χ1v) is 7.93. The summed E-state index contributed by atoms with van der Waals surface area (Å²) < 4.78 is 5.59. The molecule has 0 radical (unpaired) electrons. The standard InChI is InChI=1S/C18H21ClN2O2/c1-13(2)23-15-9-7-14(8-10-15)11-20-12-18(22)21-17-6-4-3-5-16(17)19/h3-10,13,20H,11-12H2,1-2H3,(H,21,22). The van der Waals surface area contributed by atoms with Crippen molar-refractivity contribution in [2.75, 3.05) is 11.9 Å². The molecule has 0 saturated heterocycles. The molecule has 1 amide bonds. The van der Waals surface area contributed by atoms with Gasteiger partial charge in [-0.3, -0.25) is 4.79 Å². The highest BCUT2D eigenvalue weighted by molar-refractivity contribution is 6.33. The fourth-order valence-corrected chi connectivity index (χ4v) is 2.22. The fourth-order valence-electron chi connectivity index (χ4n) is 2.04. The molecule has 0 aliphatic heterocycles. The van der Waals surface area contributed by atoms with E-state index >= 15 is 0 Å². The van der Waals surface area contributed by atoms with Crippen LogP contribution in [0, 0.1) is 0 Å². The van der Waals surface area contributed by atoms with Gasteiger partial charge >= 0.3 is 0 Å². The molecule has 0 heterocycles. The van der Waals surface area contributed by atoms with Crippen molar-refractivity contribution in [1.82, 2.24) is 5.32 Å². The predicted octanol–water partition coefficient (Wildman–Crippen LogP) is 3.86. The molecule has 0 atom stereocenters. The lowest BCUT2D eigenvalue weighted by molar-refractivity contribution is -0.115. The van der Waals surface area contributed by atoms with Crippen molar-refractivity contribution >= 4 is 23.2 Å². The molecule has 0 aliphatic rings. The van der Waals surface area contributed by atoms with Gasteiger partial charge in [0.15, 0.2) is 0 Å². The van der Waals surface area contributed by atoms with E-state index in [-0.39, 0.29) is 18.6 Å². The molecule has 0 aromatic heterocycles. The minimum absolute atomic E-state index is 0.127. The quantitative estimate of drug-likeness (QED) is 0.809. The van der Waals surface area contributed by atoms with Gasteiger partial charge in [0.2, 0.25) is 5.91 Å². The number of benzene rings is 2. The average Bonchev–Trinajstić information content (AvgIpc) is 2.51. The van der Waals surface area contributed by atoms with Crippen LogP contribution in [0.1, 0.15) is 19.4 Å². The number of halogens is 1. The van der Waals surface area contributed by atoms with Gasteiger partial charge in [0.25, 0.3) is 0 Å². The van der Waals surface area contributed by atoms with Crippen LogP contribution in [0.5, 0.6) is 5.75 Å². The van der Waals surface area contributed by atoms with Crippen LogP contribution in [0.25, 0.3) is 0 Å². The molecule has 0 unspecified atom stereocenters. The smallest absolute Gasteiger partial charge is 0.238 e. The molecule has 2 rings (SSSR count). The van der Waals surface area contributed by atoms with Gasteiger partial charge in [-0.15, -0.1) is 0 Å². The van der Waals surface area contributed by atoms with Crippen LogP contribution in [-0.4, -0.2) is 18.6 Å². The Hall–Kier alpha value is -2.04. The van der Waals surface area contributed by atoms with Crippen LogP contribution >= 0.6 is 11.6 Å². The van der Waals surface area contributed by atoms with Gasteiger partial charge in [-0.1, -0.05) is 35.9 Å². The van der Waals surface area contributed by atoms with Gasteiger partial charge in [-0.2, -0.15) is 0 Å². The first kappa shape index (κ1) is 17.3. The second-order valence-electron chi connectivity index (χ2n) is 5.44. The summed E-state index contributed by atoms with van der Waals surface area (Å²) in [6.07, 6.45) is 0.160. The second kappa shape index (κ2) is 8.56. The number of amides is 1. The summed E-state index contributed by atoms with van der Waals surface area (Å²) in [6, 6.07) is 15.0. The summed E-state index contributed by atoms with van der Waals surface area (Å²) in [5.74, 6) is 0.720. The van der Waals surface area contributed by atoms with E-state index in [2.05, 4.69) is 10.6 Å². The third-order valence-corrected chi connectivity index (χ3v) is 3.39. The van der Waals surface area contributed by atoms with E-state index in [0.29, 0.717) is 17.3 Å². The maximum atomic E-state index is 11.9. The fraction of sp³-hybridized carbons (Fsp3) is 0.278. The van der Waals surface area contributed by atoms with Crippen LogP contribution in [-0.2, 0) is 11.3 Å².